The van der Waals surface area contributed by atoms with Crippen LogP contribution in [-0.4, -0.2) is 18.1 Å². The number of amides is 1. The number of rotatable bonds is 4. The van der Waals surface area contributed by atoms with Crippen LogP contribution in [0, 0.1) is 0 Å². The molecule has 0 unspecified atom stereocenters. The van der Waals surface area contributed by atoms with Crippen LogP contribution in [0.2, 0.25) is 0 Å². The Labute approximate surface area is 181 Å². The van der Waals surface area contributed by atoms with Crippen molar-refractivity contribution in [2.75, 3.05) is 12.4 Å². The highest BCUT2D eigenvalue weighted by atomic mass is 32.1. The summed E-state index contributed by atoms with van der Waals surface area (Å²) in [5.74, 6) is 0.212. The number of hydrogen-bond acceptors (Lipinski definition) is 6. The van der Waals surface area contributed by atoms with E-state index in [4.69, 9.17) is 21.4 Å². The number of para-hydroxylation sites is 1. The molecule has 6 nitrogen and oxygen atoms in total. The van der Waals surface area contributed by atoms with E-state index < -0.39 is 5.63 Å². The zero-order valence-electron chi connectivity index (χ0n) is 15.8. The first-order valence-electron chi connectivity index (χ1n) is 8.92. The van der Waals surface area contributed by atoms with Crippen LogP contribution in [-0.2, 0) is 0 Å². The van der Waals surface area contributed by atoms with Crippen LogP contribution in [0.1, 0.15) is 9.67 Å². The first kappa shape index (κ1) is 19.8. The number of carbonyl (C=O) groups excluding carboxylic acids is 1. The van der Waals surface area contributed by atoms with Crippen molar-refractivity contribution < 1.29 is 13.9 Å². The van der Waals surface area contributed by atoms with E-state index in [1.807, 2.05) is 23.6 Å². The van der Waals surface area contributed by atoms with Gasteiger partial charge >= 0.3 is 5.63 Å². The van der Waals surface area contributed by atoms with E-state index in [1.165, 1.54) is 18.4 Å². The second-order valence-electron chi connectivity index (χ2n) is 6.29. The SMILES string of the molecule is COc1ccc(-c2cc3ccccc3oc2=O)cc1NC(=S)NC(=O)c1cccs1. The molecule has 0 bridgehead atoms. The molecule has 2 heterocycles. The maximum atomic E-state index is 12.5. The Morgan fingerprint density at radius 3 is 2.70 bits per heavy atom. The number of carbonyl (C=O) groups is 1. The van der Waals surface area contributed by atoms with Crippen LogP contribution >= 0.6 is 23.6 Å². The minimum Gasteiger partial charge on any atom is -0.495 e. The highest BCUT2D eigenvalue weighted by Crippen LogP contribution is 2.30. The van der Waals surface area contributed by atoms with Crippen LogP contribution in [0.3, 0.4) is 0 Å². The summed E-state index contributed by atoms with van der Waals surface area (Å²) in [6.45, 7) is 0. The monoisotopic (exact) mass is 436 g/mol. The molecule has 0 aliphatic carbocycles. The number of anilines is 1. The second-order valence-corrected chi connectivity index (χ2v) is 7.64. The number of thiophene rings is 1. The predicted molar refractivity (Wildman–Crippen MR) is 122 cm³/mol. The Bertz CT molecular complexity index is 1300. The van der Waals surface area contributed by atoms with Gasteiger partial charge in [-0.1, -0.05) is 30.3 Å². The van der Waals surface area contributed by atoms with Gasteiger partial charge in [0, 0.05) is 5.39 Å². The minimum atomic E-state index is -0.446. The lowest BCUT2D eigenvalue weighted by Gasteiger charge is -2.14. The first-order chi connectivity index (χ1) is 14.5. The molecule has 30 heavy (non-hydrogen) atoms. The summed E-state index contributed by atoms with van der Waals surface area (Å²) in [4.78, 5) is 25.3. The molecule has 150 valence electrons. The van der Waals surface area contributed by atoms with Crippen molar-refractivity contribution in [1.82, 2.24) is 5.32 Å². The molecule has 1 amide bonds. The number of thiocarbonyl (C=S) groups is 1. The van der Waals surface area contributed by atoms with Gasteiger partial charge in [0.15, 0.2) is 5.11 Å². The molecular weight excluding hydrogens is 420 g/mol. The number of benzene rings is 2. The summed E-state index contributed by atoms with van der Waals surface area (Å²) < 4.78 is 10.8. The maximum Gasteiger partial charge on any atom is 0.344 e. The van der Waals surface area contributed by atoms with Crippen LogP contribution in [0.4, 0.5) is 5.69 Å². The Morgan fingerprint density at radius 2 is 1.93 bits per heavy atom. The summed E-state index contributed by atoms with van der Waals surface area (Å²) in [6, 6.07) is 17.8. The third-order valence-corrected chi connectivity index (χ3v) is 5.44. The molecule has 4 aromatic rings. The van der Waals surface area contributed by atoms with E-state index in [1.54, 1.807) is 42.5 Å². The van der Waals surface area contributed by atoms with Gasteiger partial charge in [-0.2, -0.15) is 0 Å². The normalized spacial score (nSPS) is 10.6. The molecule has 0 radical (unpaired) electrons. The first-order valence-corrected chi connectivity index (χ1v) is 10.2. The number of nitrogens with one attached hydrogen (secondary N) is 2. The van der Waals surface area contributed by atoms with E-state index in [2.05, 4.69) is 10.6 Å². The van der Waals surface area contributed by atoms with Crippen molar-refractivity contribution in [3.05, 3.63) is 81.3 Å². The number of ether oxygens (including phenoxy) is 1. The van der Waals surface area contributed by atoms with Crippen molar-refractivity contribution in [2.45, 2.75) is 0 Å². The Morgan fingerprint density at radius 1 is 1.10 bits per heavy atom. The third-order valence-electron chi connectivity index (χ3n) is 4.37. The number of hydrogen-bond donors (Lipinski definition) is 2. The van der Waals surface area contributed by atoms with E-state index in [0.29, 0.717) is 33.0 Å². The van der Waals surface area contributed by atoms with Crippen molar-refractivity contribution in [2.24, 2.45) is 0 Å². The van der Waals surface area contributed by atoms with Crippen molar-refractivity contribution >= 4 is 51.2 Å². The predicted octanol–water partition coefficient (Wildman–Crippen LogP) is 4.66. The number of fused-ring (bicyclic) bond motifs is 1. The third kappa shape index (κ3) is 4.10. The van der Waals surface area contributed by atoms with Crippen LogP contribution in [0.25, 0.3) is 22.1 Å². The summed E-state index contributed by atoms with van der Waals surface area (Å²) in [7, 11) is 1.53. The zero-order chi connectivity index (χ0) is 21.1. The van der Waals surface area contributed by atoms with E-state index in [-0.39, 0.29) is 11.0 Å². The summed E-state index contributed by atoms with van der Waals surface area (Å²) >= 11 is 6.59. The van der Waals surface area contributed by atoms with Gasteiger partial charge < -0.3 is 14.5 Å². The van der Waals surface area contributed by atoms with Crippen LogP contribution in [0.5, 0.6) is 5.75 Å². The van der Waals surface area contributed by atoms with E-state index >= 15 is 0 Å². The van der Waals surface area contributed by atoms with Gasteiger partial charge in [0.25, 0.3) is 5.91 Å². The van der Waals surface area contributed by atoms with Crippen molar-refractivity contribution in [1.29, 1.82) is 0 Å². The fraction of sp³-hybridized carbons (Fsp3) is 0.0455. The Kier molecular flexibility index (Phi) is 5.60. The molecule has 2 aromatic heterocycles. The van der Waals surface area contributed by atoms with Crippen molar-refractivity contribution in [3.8, 4) is 16.9 Å². The van der Waals surface area contributed by atoms with Gasteiger partial charge in [-0.05, 0) is 53.5 Å². The molecule has 0 saturated heterocycles. The van der Waals surface area contributed by atoms with Gasteiger partial charge in [0.2, 0.25) is 0 Å². The standard InChI is InChI=1S/C22H16N2O4S2/c1-27-18-9-8-13(15-11-14-5-2-3-6-17(14)28-21(15)26)12-16(18)23-22(29)24-20(25)19-7-4-10-30-19/h2-12H,1H3,(H2,23,24,25,29). The fourth-order valence-electron chi connectivity index (χ4n) is 2.96. The van der Waals surface area contributed by atoms with Crippen LogP contribution < -0.4 is 21.0 Å². The second kappa shape index (κ2) is 8.48. The smallest absolute Gasteiger partial charge is 0.344 e. The maximum absolute atomic E-state index is 12.5. The lowest BCUT2D eigenvalue weighted by molar-refractivity contribution is 0.0981. The van der Waals surface area contributed by atoms with E-state index in [0.717, 1.165) is 5.39 Å². The molecule has 0 spiro atoms. The quantitative estimate of drug-likeness (QED) is 0.358. The van der Waals surface area contributed by atoms with Gasteiger partial charge in [-0.25, -0.2) is 4.79 Å². The lowest BCUT2D eigenvalue weighted by atomic mass is 10.0. The Balaban J connectivity index is 1.64. The molecule has 2 N–H and O–H groups in total. The highest BCUT2D eigenvalue weighted by Gasteiger charge is 2.14. The lowest BCUT2D eigenvalue weighted by Crippen LogP contribution is -2.33. The minimum absolute atomic E-state index is 0.120. The fourth-order valence-corrected chi connectivity index (χ4v) is 3.78. The highest BCUT2D eigenvalue weighted by molar-refractivity contribution is 7.80. The zero-order valence-corrected chi connectivity index (χ0v) is 17.4. The van der Waals surface area contributed by atoms with E-state index in [9.17, 15) is 9.59 Å². The average molecular weight is 437 g/mol. The molecular formula is C22H16N2O4S2. The molecule has 0 aliphatic rings. The topological polar surface area (TPSA) is 80.6 Å². The van der Waals surface area contributed by atoms with Gasteiger partial charge in [-0.3, -0.25) is 10.1 Å². The molecule has 2 aromatic carbocycles. The van der Waals surface area contributed by atoms with Crippen molar-refractivity contribution in [3.63, 3.8) is 0 Å². The molecule has 0 atom stereocenters. The molecule has 0 aliphatic heterocycles. The number of methoxy groups -OCH3 is 1. The molecule has 8 heteroatoms. The largest absolute Gasteiger partial charge is 0.495 e. The molecule has 4 rings (SSSR count). The summed E-state index contributed by atoms with van der Waals surface area (Å²) in [5, 5.41) is 8.35. The molecule has 0 saturated carbocycles. The Hall–Kier alpha value is -3.49. The van der Waals surface area contributed by atoms with Gasteiger partial charge in [-0.15, -0.1) is 11.3 Å². The van der Waals surface area contributed by atoms with Crippen LogP contribution in [0.15, 0.2) is 75.3 Å². The average Bonchev–Trinajstić information content (AvgIpc) is 3.28. The summed E-state index contributed by atoms with van der Waals surface area (Å²) in [5.41, 5.74) is 1.63. The van der Waals surface area contributed by atoms with Gasteiger partial charge in [0.05, 0.1) is 23.2 Å². The molecule has 0 fully saturated rings. The summed E-state index contributed by atoms with van der Waals surface area (Å²) in [6.07, 6.45) is 0. The van der Waals surface area contributed by atoms with Gasteiger partial charge in [0.1, 0.15) is 11.3 Å².